The van der Waals surface area contributed by atoms with E-state index in [-0.39, 0.29) is 11.9 Å². The first-order valence-electron chi connectivity index (χ1n) is 8.77. The fraction of sp³-hybridized carbons (Fsp3) is 0.350. The van der Waals surface area contributed by atoms with Gasteiger partial charge in [-0.2, -0.15) is 0 Å². The Balaban J connectivity index is 1.64. The quantitative estimate of drug-likeness (QED) is 0.801. The predicted molar refractivity (Wildman–Crippen MR) is 98.4 cm³/mol. The van der Waals surface area contributed by atoms with Gasteiger partial charge in [-0.25, -0.2) is 0 Å². The molecule has 0 spiro atoms. The van der Waals surface area contributed by atoms with Crippen LogP contribution in [-0.2, 0) is 4.79 Å². The third-order valence-corrected chi connectivity index (χ3v) is 4.12. The van der Waals surface area contributed by atoms with E-state index in [0.29, 0.717) is 30.2 Å². The second-order valence-corrected chi connectivity index (χ2v) is 6.05. The van der Waals surface area contributed by atoms with Crippen molar-refractivity contribution < 1.29 is 14.3 Å². The third kappa shape index (κ3) is 4.97. The molecule has 3 rings (SSSR count). The number of para-hydroxylation sites is 2. The summed E-state index contributed by atoms with van der Waals surface area (Å²) in [5.41, 5.74) is 0.680. The predicted octanol–water partition coefficient (Wildman–Crippen LogP) is 3.96. The summed E-state index contributed by atoms with van der Waals surface area (Å²) in [4.78, 5) is 12.3. The lowest BCUT2D eigenvalue weighted by Gasteiger charge is -2.14. The molecule has 1 aliphatic rings. The van der Waals surface area contributed by atoms with Crippen molar-refractivity contribution in [1.29, 1.82) is 0 Å². The molecule has 0 saturated carbocycles. The molecule has 0 bridgehead atoms. The monoisotopic (exact) mass is 340 g/mol. The molecule has 1 amide bonds. The van der Waals surface area contributed by atoms with Gasteiger partial charge in [0.25, 0.3) is 0 Å². The van der Waals surface area contributed by atoms with Crippen molar-refractivity contribution in [1.82, 2.24) is 5.32 Å². The van der Waals surface area contributed by atoms with Crippen LogP contribution in [0.2, 0.25) is 0 Å². The summed E-state index contributed by atoms with van der Waals surface area (Å²) < 4.78 is 11.4. The normalized spacial score (nSPS) is 16.4. The Morgan fingerprint density at radius 3 is 2.64 bits per heavy atom. The number of carbonyl (C=O) groups is 1. The molecular weight excluding hydrogens is 316 g/mol. The average Bonchev–Trinajstić information content (AvgIpc) is 3.11. The summed E-state index contributed by atoms with van der Waals surface area (Å²) in [6.45, 7) is 3.57. The van der Waals surface area contributed by atoms with E-state index in [2.05, 4.69) is 10.6 Å². The Bertz CT molecular complexity index is 694. The van der Waals surface area contributed by atoms with E-state index in [9.17, 15) is 4.79 Å². The van der Waals surface area contributed by atoms with E-state index in [1.54, 1.807) is 0 Å². The number of rotatable bonds is 7. The highest BCUT2D eigenvalue weighted by Crippen LogP contribution is 2.30. The third-order valence-electron chi connectivity index (χ3n) is 4.12. The number of nitrogens with one attached hydrogen (secondary N) is 2. The van der Waals surface area contributed by atoms with Crippen LogP contribution in [0.4, 0.5) is 5.69 Å². The first-order valence-corrected chi connectivity index (χ1v) is 8.77. The van der Waals surface area contributed by atoms with Gasteiger partial charge in [-0.05, 0) is 62.7 Å². The maximum absolute atomic E-state index is 12.3. The molecule has 5 nitrogen and oxygen atoms in total. The van der Waals surface area contributed by atoms with Crippen LogP contribution in [-0.4, -0.2) is 25.1 Å². The lowest BCUT2D eigenvalue weighted by Crippen LogP contribution is -2.27. The summed E-state index contributed by atoms with van der Waals surface area (Å²) in [6, 6.07) is 15.2. The van der Waals surface area contributed by atoms with Gasteiger partial charge in [-0.1, -0.05) is 12.1 Å². The molecule has 1 heterocycles. The molecule has 1 atom stereocenters. The van der Waals surface area contributed by atoms with Crippen LogP contribution in [0.3, 0.4) is 0 Å². The van der Waals surface area contributed by atoms with Crippen molar-refractivity contribution in [3.05, 3.63) is 48.5 Å². The average molecular weight is 340 g/mol. The van der Waals surface area contributed by atoms with Crippen molar-refractivity contribution in [3.8, 4) is 17.2 Å². The second-order valence-electron chi connectivity index (χ2n) is 6.05. The molecular formula is C20H24N2O3. The number of anilines is 1. The number of benzene rings is 2. The van der Waals surface area contributed by atoms with E-state index in [1.165, 1.54) is 0 Å². The zero-order valence-electron chi connectivity index (χ0n) is 14.5. The minimum absolute atomic E-state index is 0.00198. The summed E-state index contributed by atoms with van der Waals surface area (Å²) in [5, 5.41) is 6.30. The minimum Gasteiger partial charge on any atom is -0.494 e. The summed E-state index contributed by atoms with van der Waals surface area (Å²) in [6.07, 6.45) is 2.67. The molecule has 2 N–H and O–H groups in total. The molecule has 25 heavy (non-hydrogen) atoms. The first-order chi connectivity index (χ1) is 12.2. The second kappa shape index (κ2) is 8.53. The van der Waals surface area contributed by atoms with Crippen molar-refractivity contribution in [2.75, 3.05) is 18.5 Å². The van der Waals surface area contributed by atoms with Crippen LogP contribution < -0.4 is 20.1 Å². The van der Waals surface area contributed by atoms with Crippen molar-refractivity contribution in [2.24, 2.45) is 0 Å². The van der Waals surface area contributed by atoms with Gasteiger partial charge >= 0.3 is 0 Å². The van der Waals surface area contributed by atoms with Gasteiger partial charge in [0, 0.05) is 12.5 Å². The number of hydrogen-bond donors (Lipinski definition) is 2. The number of hydrogen-bond acceptors (Lipinski definition) is 4. The van der Waals surface area contributed by atoms with Gasteiger partial charge in [0.1, 0.15) is 11.5 Å². The van der Waals surface area contributed by atoms with Gasteiger partial charge in [0.2, 0.25) is 5.91 Å². The highest BCUT2D eigenvalue weighted by molar-refractivity contribution is 5.92. The molecule has 0 aromatic heterocycles. The largest absolute Gasteiger partial charge is 0.494 e. The minimum atomic E-state index is 0.00198. The van der Waals surface area contributed by atoms with Crippen LogP contribution in [0.5, 0.6) is 17.2 Å². The van der Waals surface area contributed by atoms with Crippen LogP contribution in [0.15, 0.2) is 48.5 Å². The van der Waals surface area contributed by atoms with Crippen LogP contribution in [0.1, 0.15) is 26.2 Å². The Hall–Kier alpha value is -2.53. The molecule has 2 aromatic carbocycles. The number of amides is 1. The zero-order chi connectivity index (χ0) is 17.5. The van der Waals surface area contributed by atoms with Crippen molar-refractivity contribution >= 4 is 11.6 Å². The zero-order valence-corrected chi connectivity index (χ0v) is 14.5. The molecule has 2 aromatic rings. The number of ether oxygens (including phenoxy) is 2. The standard InChI is InChI=1S/C20H24N2O3/c1-2-24-16-9-11-17(12-10-16)25-19-8-4-3-7-18(19)22-20(23)14-15-6-5-13-21-15/h3-4,7-12,15,21H,2,5-6,13-14H2,1H3,(H,22,23). The Morgan fingerprint density at radius 1 is 1.16 bits per heavy atom. The SMILES string of the molecule is CCOc1ccc(Oc2ccccc2NC(=O)CC2CCCN2)cc1. The lowest BCUT2D eigenvalue weighted by molar-refractivity contribution is -0.116. The van der Waals surface area contributed by atoms with Crippen molar-refractivity contribution in [2.45, 2.75) is 32.2 Å². The van der Waals surface area contributed by atoms with E-state index < -0.39 is 0 Å². The molecule has 1 fully saturated rings. The van der Waals surface area contributed by atoms with Gasteiger partial charge in [0.05, 0.1) is 12.3 Å². The van der Waals surface area contributed by atoms with E-state index in [0.717, 1.165) is 25.1 Å². The van der Waals surface area contributed by atoms with E-state index in [4.69, 9.17) is 9.47 Å². The van der Waals surface area contributed by atoms with Gasteiger partial charge in [-0.15, -0.1) is 0 Å². The van der Waals surface area contributed by atoms with Gasteiger partial charge < -0.3 is 20.1 Å². The van der Waals surface area contributed by atoms with Crippen LogP contribution in [0.25, 0.3) is 0 Å². The molecule has 1 saturated heterocycles. The van der Waals surface area contributed by atoms with E-state index in [1.807, 2.05) is 55.5 Å². The Labute approximate surface area is 148 Å². The maximum Gasteiger partial charge on any atom is 0.226 e. The Morgan fingerprint density at radius 2 is 1.92 bits per heavy atom. The van der Waals surface area contributed by atoms with Gasteiger partial charge in [-0.3, -0.25) is 4.79 Å². The molecule has 5 heteroatoms. The molecule has 0 aliphatic carbocycles. The summed E-state index contributed by atoms with van der Waals surface area (Å²) in [7, 11) is 0. The fourth-order valence-electron chi connectivity index (χ4n) is 2.91. The fourth-order valence-corrected chi connectivity index (χ4v) is 2.91. The Kier molecular flexibility index (Phi) is 5.90. The van der Waals surface area contributed by atoms with Crippen LogP contribution >= 0.6 is 0 Å². The van der Waals surface area contributed by atoms with Gasteiger partial charge in [0.15, 0.2) is 5.75 Å². The molecule has 0 radical (unpaired) electrons. The summed E-state index contributed by atoms with van der Waals surface area (Å²) >= 11 is 0. The number of carbonyl (C=O) groups excluding carboxylic acids is 1. The van der Waals surface area contributed by atoms with E-state index >= 15 is 0 Å². The lowest BCUT2D eigenvalue weighted by atomic mass is 10.1. The maximum atomic E-state index is 12.3. The van der Waals surface area contributed by atoms with Crippen LogP contribution in [0, 0.1) is 0 Å². The van der Waals surface area contributed by atoms with Crippen molar-refractivity contribution in [3.63, 3.8) is 0 Å². The molecule has 1 unspecified atom stereocenters. The smallest absolute Gasteiger partial charge is 0.226 e. The first kappa shape index (κ1) is 17.3. The highest BCUT2D eigenvalue weighted by atomic mass is 16.5. The summed E-state index contributed by atoms with van der Waals surface area (Å²) in [5.74, 6) is 2.13. The highest BCUT2D eigenvalue weighted by Gasteiger charge is 2.18. The molecule has 132 valence electrons. The topological polar surface area (TPSA) is 59.6 Å². The molecule has 1 aliphatic heterocycles.